The van der Waals surface area contributed by atoms with Gasteiger partial charge in [-0.05, 0) is 48.0 Å². The van der Waals surface area contributed by atoms with Gasteiger partial charge in [-0.15, -0.1) is 0 Å². The van der Waals surface area contributed by atoms with Gasteiger partial charge in [-0.3, -0.25) is 0 Å². The van der Waals surface area contributed by atoms with E-state index >= 15 is 0 Å². The summed E-state index contributed by atoms with van der Waals surface area (Å²) >= 11 is 0. The molecule has 0 saturated heterocycles. The molecule has 2 heteroatoms. The first-order chi connectivity index (χ1) is 7.29. The Kier molecular flexibility index (Phi) is 1.99. The van der Waals surface area contributed by atoms with Gasteiger partial charge in [-0.25, -0.2) is 0 Å². The van der Waals surface area contributed by atoms with Crippen molar-refractivity contribution < 1.29 is 9.84 Å². The Morgan fingerprint density at radius 3 is 3.07 bits per heavy atom. The van der Waals surface area contributed by atoms with E-state index in [1.807, 2.05) is 0 Å². The number of hydrogen-bond donors (Lipinski definition) is 1. The summed E-state index contributed by atoms with van der Waals surface area (Å²) in [7, 11) is 1.70. The minimum atomic E-state index is -0.231. The Bertz CT molecular complexity index is 387. The second-order valence-corrected chi connectivity index (χ2v) is 4.63. The molecule has 80 valence electrons. The fraction of sp³-hybridized carbons (Fsp3) is 0.538. The van der Waals surface area contributed by atoms with Gasteiger partial charge in [-0.2, -0.15) is 0 Å². The van der Waals surface area contributed by atoms with E-state index in [0.29, 0.717) is 5.92 Å². The van der Waals surface area contributed by atoms with Crippen LogP contribution >= 0.6 is 0 Å². The highest BCUT2D eigenvalue weighted by atomic mass is 16.5. The van der Waals surface area contributed by atoms with Crippen molar-refractivity contribution in [3.8, 4) is 0 Å². The monoisotopic (exact) mass is 204 g/mol. The van der Waals surface area contributed by atoms with Gasteiger partial charge >= 0.3 is 0 Å². The van der Waals surface area contributed by atoms with Crippen LogP contribution in [0.2, 0.25) is 0 Å². The lowest BCUT2D eigenvalue weighted by Crippen LogP contribution is -2.07. The fourth-order valence-corrected chi connectivity index (χ4v) is 3.13. The van der Waals surface area contributed by atoms with Crippen molar-refractivity contribution in [1.29, 1.82) is 0 Å². The number of rotatable bonds is 1. The number of hydrogen-bond acceptors (Lipinski definition) is 2. The van der Waals surface area contributed by atoms with Gasteiger partial charge in [0.1, 0.15) is 0 Å². The topological polar surface area (TPSA) is 29.5 Å². The van der Waals surface area contributed by atoms with Crippen LogP contribution in [0.5, 0.6) is 0 Å². The molecule has 0 bridgehead atoms. The highest BCUT2D eigenvalue weighted by Crippen LogP contribution is 2.49. The Hall–Kier alpha value is -1.02. The molecule has 3 aliphatic carbocycles. The third-order valence-corrected chi connectivity index (χ3v) is 3.87. The molecule has 0 aliphatic heterocycles. The summed E-state index contributed by atoms with van der Waals surface area (Å²) in [4.78, 5) is 0. The van der Waals surface area contributed by atoms with Crippen LogP contribution in [0.4, 0.5) is 0 Å². The average Bonchev–Trinajstić information content (AvgIpc) is 2.68. The van der Waals surface area contributed by atoms with Crippen LogP contribution in [0.25, 0.3) is 0 Å². The molecule has 1 N–H and O–H groups in total. The Morgan fingerprint density at radius 1 is 1.40 bits per heavy atom. The molecule has 1 fully saturated rings. The second-order valence-electron chi connectivity index (χ2n) is 4.63. The van der Waals surface area contributed by atoms with E-state index in [2.05, 4.69) is 12.2 Å². The summed E-state index contributed by atoms with van der Waals surface area (Å²) in [6.45, 7) is 0. The minimum Gasteiger partial charge on any atom is -0.501 e. The normalized spacial score (nSPS) is 33.5. The van der Waals surface area contributed by atoms with Crippen LogP contribution in [0.15, 0.2) is 34.6 Å². The number of ether oxygens (including phenoxy) is 1. The van der Waals surface area contributed by atoms with E-state index < -0.39 is 0 Å². The first-order valence-electron chi connectivity index (χ1n) is 5.64. The van der Waals surface area contributed by atoms with Crippen LogP contribution in [0, 0.1) is 5.92 Å². The number of allylic oxidation sites excluding steroid dienone is 5. The maximum Gasteiger partial charge on any atom is 0.0997 e. The fourth-order valence-electron chi connectivity index (χ4n) is 3.13. The lowest BCUT2D eigenvalue weighted by Gasteiger charge is -2.11. The van der Waals surface area contributed by atoms with Gasteiger partial charge in [0.15, 0.2) is 0 Å². The average molecular weight is 204 g/mol. The standard InChI is InChI=1S/C13H16O2/c1-15-10-5-4-8-2-3-9-6-12(14)11(7-10)13(8)9/h4-5,9,12,14H,2-3,6-7H2,1H3/t9-,12+/m0/s1. The number of methoxy groups -OCH3 is 1. The third kappa shape index (κ3) is 1.28. The molecule has 0 unspecified atom stereocenters. The highest BCUT2D eigenvalue weighted by molar-refractivity contribution is 5.50. The van der Waals surface area contributed by atoms with E-state index in [4.69, 9.17) is 4.74 Å². The maximum absolute atomic E-state index is 10.0. The summed E-state index contributed by atoms with van der Waals surface area (Å²) in [6, 6.07) is 0. The van der Waals surface area contributed by atoms with Crippen LogP contribution in [0.1, 0.15) is 25.7 Å². The van der Waals surface area contributed by atoms with Crippen molar-refractivity contribution in [3.63, 3.8) is 0 Å². The molecule has 2 atom stereocenters. The van der Waals surface area contributed by atoms with Gasteiger partial charge < -0.3 is 9.84 Å². The lowest BCUT2D eigenvalue weighted by atomic mass is 10.0. The SMILES string of the molecule is COC1=CC=C2CC[C@H]3C[C@@H](O)C(=C23)C1. The first kappa shape index (κ1) is 9.22. The van der Waals surface area contributed by atoms with Crippen LogP contribution in [0.3, 0.4) is 0 Å². The smallest absolute Gasteiger partial charge is 0.0997 e. The van der Waals surface area contributed by atoms with Crippen LogP contribution < -0.4 is 0 Å². The Labute approximate surface area is 89.9 Å². The molecular formula is C13H16O2. The van der Waals surface area contributed by atoms with E-state index in [9.17, 15) is 5.11 Å². The summed E-state index contributed by atoms with van der Waals surface area (Å²) < 4.78 is 5.31. The van der Waals surface area contributed by atoms with Crippen molar-refractivity contribution in [3.05, 3.63) is 34.6 Å². The molecule has 0 aromatic carbocycles. The molecule has 2 nitrogen and oxygen atoms in total. The van der Waals surface area contributed by atoms with Crippen molar-refractivity contribution in [2.75, 3.05) is 7.11 Å². The highest BCUT2D eigenvalue weighted by Gasteiger charge is 2.38. The van der Waals surface area contributed by atoms with Crippen LogP contribution in [-0.2, 0) is 4.74 Å². The zero-order valence-electron chi connectivity index (χ0n) is 8.99. The quantitative estimate of drug-likeness (QED) is 0.710. The van der Waals surface area contributed by atoms with E-state index in [1.54, 1.807) is 7.11 Å². The molecule has 1 saturated carbocycles. The molecule has 15 heavy (non-hydrogen) atoms. The lowest BCUT2D eigenvalue weighted by molar-refractivity contribution is 0.191. The zero-order valence-corrected chi connectivity index (χ0v) is 8.99. The van der Waals surface area contributed by atoms with Crippen molar-refractivity contribution in [1.82, 2.24) is 0 Å². The third-order valence-electron chi connectivity index (χ3n) is 3.87. The zero-order chi connectivity index (χ0) is 10.4. The molecule has 0 aromatic rings. The van der Waals surface area contributed by atoms with Crippen molar-refractivity contribution >= 4 is 0 Å². The minimum absolute atomic E-state index is 0.231. The van der Waals surface area contributed by atoms with Crippen LogP contribution in [-0.4, -0.2) is 18.3 Å². The van der Waals surface area contributed by atoms with E-state index in [-0.39, 0.29) is 6.10 Å². The summed E-state index contributed by atoms with van der Waals surface area (Å²) in [5.41, 5.74) is 4.10. The second kappa shape index (κ2) is 3.24. The predicted octanol–water partition coefficient (Wildman–Crippen LogP) is 2.32. The molecule has 0 amide bonds. The largest absolute Gasteiger partial charge is 0.501 e. The maximum atomic E-state index is 10.0. The predicted molar refractivity (Wildman–Crippen MR) is 58.2 cm³/mol. The Morgan fingerprint density at radius 2 is 2.27 bits per heavy atom. The van der Waals surface area contributed by atoms with Gasteiger partial charge in [0.05, 0.1) is 19.0 Å². The summed E-state index contributed by atoms with van der Waals surface area (Å²) in [6.07, 6.45) is 8.12. The number of aliphatic hydroxyl groups excluding tert-OH is 1. The molecule has 0 radical (unpaired) electrons. The molecule has 0 heterocycles. The molecule has 0 aromatic heterocycles. The van der Waals surface area contributed by atoms with Gasteiger partial charge in [0.25, 0.3) is 0 Å². The number of aliphatic hydroxyl groups is 1. The Balaban J connectivity index is 2.07. The molecule has 3 aliphatic rings. The van der Waals surface area contributed by atoms with E-state index in [1.165, 1.54) is 29.6 Å². The molecular weight excluding hydrogens is 188 g/mol. The summed E-state index contributed by atoms with van der Waals surface area (Å²) in [5, 5.41) is 10.0. The van der Waals surface area contributed by atoms with Crippen molar-refractivity contribution in [2.45, 2.75) is 31.8 Å². The van der Waals surface area contributed by atoms with Crippen molar-refractivity contribution in [2.24, 2.45) is 5.92 Å². The summed E-state index contributed by atoms with van der Waals surface area (Å²) in [5.74, 6) is 1.59. The molecule has 3 rings (SSSR count). The van der Waals surface area contributed by atoms with Gasteiger partial charge in [0.2, 0.25) is 0 Å². The van der Waals surface area contributed by atoms with Gasteiger partial charge in [-0.1, -0.05) is 6.08 Å². The van der Waals surface area contributed by atoms with Gasteiger partial charge in [0, 0.05) is 6.42 Å². The molecule has 0 spiro atoms. The first-order valence-corrected chi connectivity index (χ1v) is 5.64. The van der Waals surface area contributed by atoms with E-state index in [0.717, 1.165) is 18.6 Å².